The third-order valence-corrected chi connectivity index (χ3v) is 9.81. The zero-order chi connectivity index (χ0) is 30.5. The average molecular weight is 587 g/mol. The van der Waals surface area contributed by atoms with E-state index < -0.39 is 21.3 Å². The molecule has 220 valence electrons. The molecule has 0 radical (unpaired) electrons. The first-order valence-corrected chi connectivity index (χ1v) is 16.1. The molecule has 42 heavy (non-hydrogen) atoms. The molecule has 0 saturated heterocycles. The molecule has 1 aromatic heterocycles. The lowest BCUT2D eigenvalue weighted by Gasteiger charge is -2.43. The zero-order valence-electron chi connectivity index (χ0n) is 25.5. The van der Waals surface area contributed by atoms with Crippen molar-refractivity contribution in [3.05, 3.63) is 73.9 Å². The smallest absolute Gasteiger partial charge is 0.269 e. The van der Waals surface area contributed by atoms with Crippen LogP contribution in [0.5, 0.6) is 11.5 Å². The Balaban J connectivity index is 1.65. The number of nitrogens with zero attached hydrogens (tertiary/aromatic N) is 2. The molecule has 1 aliphatic carbocycles. The molecule has 7 nitrogen and oxygen atoms in total. The highest BCUT2D eigenvalue weighted by Crippen LogP contribution is 2.44. The lowest BCUT2D eigenvalue weighted by Crippen LogP contribution is -2.45. The van der Waals surface area contributed by atoms with E-state index in [0.29, 0.717) is 27.9 Å². The second-order valence-corrected chi connectivity index (χ2v) is 14.3. The number of rotatable bonds is 4. The lowest BCUT2D eigenvalue weighted by molar-refractivity contribution is 0.476. The Morgan fingerprint density at radius 2 is 1.71 bits per heavy atom. The molecule has 2 aliphatic heterocycles. The van der Waals surface area contributed by atoms with Crippen molar-refractivity contribution in [3.63, 3.8) is 0 Å². The van der Waals surface area contributed by atoms with Gasteiger partial charge in [0, 0.05) is 40.9 Å². The zero-order valence-corrected chi connectivity index (χ0v) is 26.4. The Morgan fingerprint density at radius 3 is 2.36 bits per heavy atom. The summed E-state index contributed by atoms with van der Waals surface area (Å²) in [5, 5.41) is 2.47. The summed E-state index contributed by atoms with van der Waals surface area (Å²) in [4.78, 5) is 16.1. The van der Waals surface area contributed by atoms with E-state index in [1.807, 2.05) is 24.3 Å². The summed E-state index contributed by atoms with van der Waals surface area (Å²) in [5.74, 6) is 0.671. The predicted octanol–water partition coefficient (Wildman–Crippen LogP) is 5.37. The normalized spacial score (nSPS) is 18.2. The minimum Gasteiger partial charge on any atom is -0.455 e. The molecule has 0 amide bonds. The van der Waals surface area contributed by atoms with Crippen LogP contribution in [0.4, 0.5) is 5.69 Å². The number of aromatic nitrogens is 1. The number of hydrogen-bond acceptors (Lipinski definition) is 5. The molecular weight excluding hydrogens is 548 g/mol. The van der Waals surface area contributed by atoms with Crippen molar-refractivity contribution in [2.45, 2.75) is 60.4 Å². The second kappa shape index (κ2) is 9.19. The summed E-state index contributed by atoms with van der Waals surface area (Å²) >= 11 is 0. The Bertz CT molecular complexity index is 2080. The minimum atomic E-state index is -4.25. The van der Waals surface area contributed by atoms with Crippen LogP contribution >= 0.6 is 0 Å². The molecule has 2 aromatic carbocycles. The molecule has 6 rings (SSSR count). The van der Waals surface area contributed by atoms with Gasteiger partial charge in [0.2, 0.25) is 0 Å². The highest BCUT2D eigenvalue weighted by atomic mass is 32.2. The van der Waals surface area contributed by atoms with Crippen LogP contribution < -0.4 is 25.6 Å². The van der Waals surface area contributed by atoms with E-state index in [-0.39, 0.29) is 11.1 Å². The summed E-state index contributed by atoms with van der Waals surface area (Å²) < 4.78 is 42.0. The van der Waals surface area contributed by atoms with Gasteiger partial charge in [-0.25, -0.2) is 0 Å². The van der Waals surface area contributed by atoms with Gasteiger partial charge in [-0.05, 0) is 86.4 Å². The van der Waals surface area contributed by atoms with Crippen molar-refractivity contribution >= 4 is 49.5 Å². The quantitative estimate of drug-likeness (QED) is 0.324. The lowest BCUT2D eigenvalue weighted by atomic mass is 9.74. The van der Waals surface area contributed by atoms with E-state index in [1.54, 1.807) is 11.6 Å². The van der Waals surface area contributed by atoms with Crippen LogP contribution in [0, 0.1) is 5.41 Å². The fraction of sp³-hybridized carbons (Fsp3) is 0.382. The molecule has 3 aliphatic rings. The van der Waals surface area contributed by atoms with Crippen molar-refractivity contribution in [2.24, 2.45) is 12.5 Å². The summed E-state index contributed by atoms with van der Waals surface area (Å²) in [7, 11) is -2.46. The van der Waals surface area contributed by atoms with Crippen LogP contribution in [-0.4, -0.2) is 35.4 Å². The largest absolute Gasteiger partial charge is 0.455 e. The van der Waals surface area contributed by atoms with Gasteiger partial charge in [0.25, 0.3) is 15.7 Å². The third kappa shape index (κ3) is 4.26. The van der Waals surface area contributed by atoms with E-state index in [4.69, 9.17) is 4.74 Å². The van der Waals surface area contributed by atoms with Crippen molar-refractivity contribution in [3.8, 4) is 11.5 Å². The van der Waals surface area contributed by atoms with Gasteiger partial charge in [0.15, 0.2) is 0 Å². The number of aryl methyl sites for hydroxylation is 1. The molecule has 0 unspecified atom stereocenters. The number of hydrogen-bond donors (Lipinski definition) is 1. The number of likely N-dealkylation sites (N-methyl/N-ethyl adjacent to an activating group) is 1. The SMILES string of the molecule is CCC1=c2cc3c(cc2C(CS(=O)(=O)O)=CC1(C)C)=Cc1c(c2cc4c(cc2n(C)c1=O)N(CC)C(C)(C)C=C4C)O3. The van der Waals surface area contributed by atoms with Crippen LogP contribution in [0.2, 0.25) is 0 Å². The summed E-state index contributed by atoms with van der Waals surface area (Å²) in [6, 6.07) is 8.11. The number of pyridine rings is 1. The number of allylic oxidation sites excluding steroid dienone is 2. The number of fused-ring (bicyclic) bond motifs is 6. The number of benzene rings is 2. The van der Waals surface area contributed by atoms with E-state index in [0.717, 1.165) is 51.5 Å². The average Bonchev–Trinajstić information content (AvgIpc) is 2.88. The molecule has 0 bridgehead atoms. The Kier molecular flexibility index (Phi) is 6.23. The van der Waals surface area contributed by atoms with Gasteiger partial charge in [-0.1, -0.05) is 38.5 Å². The topological polar surface area (TPSA) is 88.8 Å². The fourth-order valence-electron chi connectivity index (χ4n) is 7.41. The van der Waals surface area contributed by atoms with Crippen molar-refractivity contribution in [1.29, 1.82) is 0 Å². The van der Waals surface area contributed by atoms with Crippen molar-refractivity contribution in [1.82, 2.24) is 4.57 Å². The van der Waals surface area contributed by atoms with Gasteiger partial charge in [-0.2, -0.15) is 8.42 Å². The molecule has 0 atom stereocenters. The Morgan fingerprint density at radius 1 is 1.00 bits per heavy atom. The maximum absolute atomic E-state index is 13.8. The van der Waals surface area contributed by atoms with Gasteiger partial charge in [-0.3, -0.25) is 9.35 Å². The van der Waals surface area contributed by atoms with Crippen LogP contribution in [0.15, 0.2) is 41.2 Å². The van der Waals surface area contributed by atoms with Crippen molar-refractivity contribution in [2.75, 3.05) is 17.2 Å². The minimum absolute atomic E-state index is 0.154. The van der Waals surface area contributed by atoms with Crippen LogP contribution in [0.3, 0.4) is 0 Å². The van der Waals surface area contributed by atoms with Gasteiger partial charge in [-0.15, -0.1) is 0 Å². The maximum atomic E-state index is 13.8. The van der Waals surface area contributed by atoms with Crippen molar-refractivity contribution < 1.29 is 17.7 Å². The summed E-state index contributed by atoms with van der Waals surface area (Å²) in [5.41, 5.74) is 6.36. The molecule has 0 fully saturated rings. The summed E-state index contributed by atoms with van der Waals surface area (Å²) in [6.07, 6.45) is 6.82. The molecule has 3 aromatic rings. The van der Waals surface area contributed by atoms with Gasteiger partial charge < -0.3 is 14.2 Å². The van der Waals surface area contributed by atoms with E-state index in [1.165, 1.54) is 5.57 Å². The first kappa shape index (κ1) is 28.5. The predicted molar refractivity (Wildman–Crippen MR) is 171 cm³/mol. The molecule has 8 heteroatoms. The standard InChI is InChI=1S/C34H38N2O5S/c1-9-27-24-14-30-20(11-23(24)21(17-33(27,4)5)18-42(38,39)40)12-26-31(41-30)25-13-22-19(3)16-34(6,7)36(10-2)29(22)15-28(25)35(8)32(26)37/h11-17H,9-10,18H2,1-8H3,(H,38,39,40). The van der Waals surface area contributed by atoms with Gasteiger partial charge >= 0.3 is 0 Å². The second-order valence-electron chi connectivity index (χ2n) is 12.9. The molecule has 0 saturated carbocycles. The third-order valence-electron chi connectivity index (χ3n) is 9.13. The first-order valence-electron chi connectivity index (χ1n) is 14.5. The van der Waals surface area contributed by atoms with E-state index in [2.05, 4.69) is 71.6 Å². The van der Waals surface area contributed by atoms with Gasteiger partial charge in [0.1, 0.15) is 17.3 Å². The highest BCUT2D eigenvalue weighted by Gasteiger charge is 2.33. The first-order chi connectivity index (χ1) is 19.6. The fourth-order valence-corrected chi connectivity index (χ4v) is 8.04. The molecular formula is C34H38N2O5S. The maximum Gasteiger partial charge on any atom is 0.269 e. The molecule has 3 heterocycles. The Hall–Kier alpha value is -3.62. The van der Waals surface area contributed by atoms with E-state index in [9.17, 15) is 17.8 Å². The van der Waals surface area contributed by atoms with E-state index >= 15 is 0 Å². The van der Waals surface area contributed by atoms with Crippen LogP contribution in [0.1, 0.15) is 71.6 Å². The van der Waals surface area contributed by atoms with Crippen LogP contribution in [0.25, 0.3) is 33.7 Å². The summed E-state index contributed by atoms with van der Waals surface area (Å²) in [6.45, 7) is 15.7. The van der Waals surface area contributed by atoms with Gasteiger partial charge in [0.05, 0.1) is 16.6 Å². The number of anilines is 1. The molecule has 0 spiro atoms. The molecule has 1 N–H and O–H groups in total. The monoisotopic (exact) mass is 586 g/mol. The number of ether oxygens (including phenoxy) is 1. The highest BCUT2D eigenvalue weighted by molar-refractivity contribution is 7.86. The van der Waals surface area contributed by atoms with Crippen LogP contribution in [-0.2, 0) is 17.2 Å². The Labute approximate surface area is 246 Å².